The highest BCUT2D eigenvalue weighted by Crippen LogP contribution is 2.18. The Morgan fingerprint density at radius 3 is 2.88 bits per heavy atom. The van der Waals surface area contributed by atoms with Gasteiger partial charge in [0.15, 0.2) is 0 Å². The minimum Gasteiger partial charge on any atom is -0.491 e. The second-order valence-corrected chi connectivity index (χ2v) is 6.15. The molecule has 1 aromatic rings. The van der Waals surface area contributed by atoms with Crippen LogP contribution in [-0.2, 0) is 9.53 Å². The van der Waals surface area contributed by atoms with Gasteiger partial charge in [-0.1, -0.05) is 26.3 Å². The van der Waals surface area contributed by atoms with Crippen molar-refractivity contribution in [2.75, 3.05) is 13.2 Å². The first-order valence-corrected chi connectivity index (χ1v) is 8.39. The van der Waals surface area contributed by atoms with Crippen molar-refractivity contribution in [3.8, 4) is 5.75 Å². The van der Waals surface area contributed by atoms with Gasteiger partial charge in [0.25, 0.3) is 5.91 Å². The van der Waals surface area contributed by atoms with E-state index in [2.05, 4.69) is 5.32 Å². The van der Waals surface area contributed by atoms with Crippen molar-refractivity contribution in [2.24, 2.45) is 5.92 Å². The molecule has 1 aliphatic heterocycles. The van der Waals surface area contributed by atoms with Crippen LogP contribution in [0.5, 0.6) is 5.75 Å². The van der Waals surface area contributed by atoms with Gasteiger partial charge >= 0.3 is 5.97 Å². The summed E-state index contributed by atoms with van der Waals surface area (Å²) in [6.45, 7) is 4.92. The maximum Gasteiger partial charge on any atom is 0.326 e. The zero-order valence-corrected chi connectivity index (χ0v) is 14.2. The standard InChI is InChI=1S/C18H25NO5/c1-3-12(2)16(18(21)22)19-17(20)13-6-4-7-14(10-13)24-11-15-8-5-9-23-15/h4,6-7,10,12,15-16H,3,5,8-9,11H2,1-2H3,(H,19,20)(H,21,22)/t12-,15?,16-/m0/s1. The maximum absolute atomic E-state index is 12.3. The number of rotatable bonds is 8. The fraction of sp³-hybridized carbons (Fsp3) is 0.556. The van der Waals surface area contributed by atoms with E-state index >= 15 is 0 Å². The molecule has 1 saturated heterocycles. The molecule has 6 heteroatoms. The summed E-state index contributed by atoms with van der Waals surface area (Å²) in [6, 6.07) is 5.86. The number of benzene rings is 1. The number of hydrogen-bond donors (Lipinski definition) is 2. The lowest BCUT2D eigenvalue weighted by molar-refractivity contribution is -0.140. The molecule has 1 aromatic carbocycles. The molecule has 1 unspecified atom stereocenters. The van der Waals surface area contributed by atoms with Gasteiger partial charge in [-0.3, -0.25) is 4.79 Å². The molecule has 1 fully saturated rings. The molecule has 2 N–H and O–H groups in total. The molecular formula is C18H25NO5. The normalized spacial score (nSPS) is 19.5. The molecule has 1 amide bonds. The number of carbonyl (C=O) groups is 2. The van der Waals surface area contributed by atoms with Gasteiger partial charge in [-0.15, -0.1) is 0 Å². The molecule has 24 heavy (non-hydrogen) atoms. The van der Waals surface area contributed by atoms with E-state index in [1.165, 1.54) is 0 Å². The summed E-state index contributed by atoms with van der Waals surface area (Å²) < 4.78 is 11.2. The predicted octanol–water partition coefficient (Wildman–Crippen LogP) is 2.47. The van der Waals surface area contributed by atoms with Crippen LogP contribution in [0.2, 0.25) is 0 Å². The second-order valence-electron chi connectivity index (χ2n) is 6.15. The van der Waals surface area contributed by atoms with E-state index in [0.29, 0.717) is 24.3 Å². The quantitative estimate of drug-likeness (QED) is 0.762. The number of ether oxygens (including phenoxy) is 2. The summed E-state index contributed by atoms with van der Waals surface area (Å²) in [5.41, 5.74) is 0.384. The number of nitrogens with one attached hydrogen (secondary N) is 1. The van der Waals surface area contributed by atoms with E-state index in [1.807, 2.05) is 6.92 Å². The van der Waals surface area contributed by atoms with Crippen LogP contribution in [0.25, 0.3) is 0 Å². The first kappa shape index (κ1) is 18.3. The average Bonchev–Trinajstić information content (AvgIpc) is 3.10. The van der Waals surface area contributed by atoms with Gasteiger partial charge in [-0.25, -0.2) is 4.79 Å². The average molecular weight is 335 g/mol. The van der Waals surface area contributed by atoms with Crippen LogP contribution >= 0.6 is 0 Å². The third kappa shape index (κ3) is 4.96. The van der Waals surface area contributed by atoms with Gasteiger partial charge in [0.2, 0.25) is 0 Å². The molecule has 0 saturated carbocycles. The van der Waals surface area contributed by atoms with E-state index < -0.39 is 17.9 Å². The van der Waals surface area contributed by atoms with E-state index in [0.717, 1.165) is 19.4 Å². The highest BCUT2D eigenvalue weighted by molar-refractivity contribution is 5.96. The van der Waals surface area contributed by atoms with E-state index in [-0.39, 0.29) is 12.0 Å². The van der Waals surface area contributed by atoms with Crippen LogP contribution in [0.4, 0.5) is 0 Å². The molecule has 0 aromatic heterocycles. The molecule has 0 bridgehead atoms. The van der Waals surface area contributed by atoms with Crippen molar-refractivity contribution >= 4 is 11.9 Å². The first-order valence-electron chi connectivity index (χ1n) is 8.39. The number of hydrogen-bond acceptors (Lipinski definition) is 4. The second kappa shape index (κ2) is 8.68. The molecule has 6 nitrogen and oxygen atoms in total. The number of amides is 1. The minimum atomic E-state index is -1.02. The summed E-state index contributed by atoms with van der Waals surface area (Å²) in [6.07, 6.45) is 2.80. The Hall–Kier alpha value is -2.08. The third-order valence-electron chi connectivity index (χ3n) is 4.32. The summed E-state index contributed by atoms with van der Waals surface area (Å²) in [5.74, 6) is -1.01. The highest BCUT2D eigenvalue weighted by Gasteiger charge is 2.25. The van der Waals surface area contributed by atoms with Gasteiger partial charge in [0.05, 0.1) is 6.10 Å². The van der Waals surface area contributed by atoms with E-state index in [1.54, 1.807) is 31.2 Å². The zero-order chi connectivity index (χ0) is 17.5. The minimum absolute atomic E-state index is 0.101. The van der Waals surface area contributed by atoms with Crippen molar-refractivity contribution in [2.45, 2.75) is 45.3 Å². The van der Waals surface area contributed by atoms with Crippen molar-refractivity contribution in [3.63, 3.8) is 0 Å². The lowest BCUT2D eigenvalue weighted by Gasteiger charge is -2.20. The summed E-state index contributed by atoms with van der Waals surface area (Å²) >= 11 is 0. The fourth-order valence-corrected chi connectivity index (χ4v) is 2.60. The Bertz CT molecular complexity index is 568. The Balaban J connectivity index is 1.98. The number of aliphatic carboxylic acids is 1. The topological polar surface area (TPSA) is 84.9 Å². The van der Waals surface area contributed by atoms with Crippen LogP contribution < -0.4 is 10.1 Å². The van der Waals surface area contributed by atoms with Crippen LogP contribution in [0, 0.1) is 5.92 Å². The van der Waals surface area contributed by atoms with Crippen LogP contribution in [-0.4, -0.2) is 42.3 Å². The predicted molar refractivity (Wildman–Crippen MR) is 89.3 cm³/mol. The molecular weight excluding hydrogens is 310 g/mol. The molecule has 2 rings (SSSR count). The zero-order valence-electron chi connectivity index (χ0n) is 14.2. The number of carboxylic acid groups (broad SMARTS) is 1. The molecule has 132 valence electrons. The van der Waals surface area contributed by atoms with Gasteiger partial charge in [0.1, 0.15) is 18.4 Å². The monoisotopic (exact) mass is 335 g/mol. The smallest absolute Gasteiger partial charge is 0.326 e. The maximum atomic E-state index is 12.3. The number of carboxylic acids is 1. The van der Waals surface area contributed by atoms with Gasteiger partial charge in [0, 0.05) is 12.2 Å². The molecule has 1 heterocycles. The fourth-order valence-electron chi connectivity index (χ4n) is 2.60. The molecule has 0 spiro atoms. The Morgan fingerprint density at radius 1 is 1.46 bits per heavy atom. The number of carbonyl (C=O) groups excluding carboxylic acids is 1. The van der Waals surface area contributed by atoms with Crippen molar-refractivity contribution < 1.29 is 24.2 Å². The van der Waals surface area contributed by atoms with Crippen LogP contribution in [0.1, 0.15) is 43.5 Å². The highest BCUT2D eigenvalue weighted by atomic mass is 16.5. The van der Waals surface area contributed by atoms with Crippen molar-refractivity contribution in [1.29, 1.82) is 0 Å². The lowest BCUT2D eigenvalue weighted by atomic mass is 9.99. The van der Waals surface area contributed by atoms with Gasteiger partial charge in [-0.05, 0) is 37.0 Å². The lowest BCUT2D eigenvalue weighted by Crippen LogP contribution is -2.45. The summed E-state index contributed by atoms with van der Waals surface area (Å²) in [4.78, 5) is 23.7. The Morgan fingerprint density at radius 2 is 2.25 bits per heavy atom. The van der Waals surface area contributed by atoms with Gasteiger partial charge in [-0.2, -0.15) is 0 Å². The Labute approximate surface area is 142 Å². The molecule has 0 radical (unpaired) electrons. The molecule has 3 atom stereocenters. The van der Waals surface area contributed by atoms with Crippen molar-refractivity contribution in [1.82, 2.24) is 5.32 Å². The van der Waals surface area contributed by atoms with Gasteiger partial charge < -0.3 is 19.9 Å². The summed E-state index contributed by atoms with van der Waals surface area (Å²) in [5, 5.41) is 11.9. The Kier molecular flexibility index (Phi) is 6.61. The largest absolute Gasteiger partial charge is 0.491 e. The van der Waals surface area contributed by atoms with Crippen molar-refractivity contribution in [3.05, 3.63) is 29.8 Å². The molecule has 0 aliphatic carbocycles. The first-order chi connectivity index (χ1) is 11.5. The molecule has 1 aliphatic rings. The SMILES string of the molecule is CC[C@H](C)[C@H](NC(=O)c1cccc(OCC2CCCO2)c1)C(=O)O. The van der Waals surface area contributed by atoms with E-state index in [9.17, 15) is 14.7 Å². The van der Waals surface area contributed by atoms with E-state index in [4.69, 9.17) is 9.47 Å². The van der Waals surface area contributed by atoms with Crippen LogP contribution in [0.3, 0.4) is 0 Å². The van der Waals surface area contributed by atoms with Crippen LogP contribution in [0.15, 0.2) is 24.3 Å². The third-order valence-corrected chi connectivity index (χ3v) is 4.32. The summed E-state index contributed by atoms with van der Waals surface area (Å²) in [7, 11) is 0.